The lowest BCUT2D eigenvalue weighted by molar-refractivity contribution is -0.0944. The Morgan fingerprint density at radius 2 is 1.91 bits per heavy atom. The van der Waals surface area contributed by atoms with E-state index in [4.69, 9.17) is 13.8 Å². The van der Waals surface area contributed by atoms with Gasteiger partial charge in [-0.2, -0.15) is 31.7 Å². The lowest BCUT2D eigenvalue weighted by Crippen LogP contribution is -2.14. The van der Waals surface area contributed by atoms with Gasteiger partial charge in [0.1, 0.15) is 6.61 Å². The molecule has 2 heterocycles. The summed E-state index contributed by atoms with van der Waals surface area (Å²) in [6.07, 6.45) is -0.540. The predicted molar refractivity (Wildman–Crippen MR) is 108 cm³/mol. The van der Waals surface area contributed by atoms with Gasteiger partial charge in [-0.15, -0.1) is 0 Å². The fourth-order valence-corrected chi connectivity index (χ4v) is 3.66. The third-order valence-corrected chi connectivity index (χ3v) is 5.87. The lowest BCUT2D eigenvalue weighted by atomic mass is 10.0. The molecule has 1 aliphatic carbocycles. The standard InChI is InChI=1S/C20H17F3N4O5S/c1-27-17(11-31-14-6-4-13(5-7-14)20(21,22)23)16(10-24-27)18-25-19(32-26-18)12-2-8-15(9-3-12)33(28,29)30/h2-4,6,8-10H,5,7,11H2,1H3,(H,28,29,30). The van der Waals surface area contributed by atoms with Crippen molar-refractivity contribution < 1.29 is 35.4 Å². The van der Waals surface area contributed by atoms with E-state index in [1.807, 2.05) is 0 Å². The molecule has 0 saturated heterocycles. The Hall–Kier alpha value is -3.45. The van der Waals surface area contributed by atoms with Gasteiger partial charge in [-0.05, 0) is 36.8 Å². The van der Waals surface area contributed by atoms with Crippen LogP contribution in [0.15, 0.2) is 63.4 Å². The van der Waals surface area contributed by atoms with Gasteiger partial charge in [0.05, 0.1) is 28.1 Å². The molecular weight excluding hydrogens is 465 g/mol. The quantitative estimate of drug-likeness (QED) is 0.522. The van der Waals surface area contributed by atoms with Crippen molar-refractivity contribution in [1.82, 2.24) is 19.9 Å². The van der Waals surface area contributed by atoms with Crippen LogP contribution in [0.4, 0.5) is 13.2 Å². The molecule has 1 aromatic carbocycles. The Morgan fingerprint density at radius 3 is 2.52 bits per heavy atom. The topological polar surface area (TPSA) is 120 Å². The van der Waals surface area contributed by atoms with Crippen LogP contribution < -0.4 is 0 Å². The SMILES string of the molecule is Cn1ncc(-c2noc(-c3ccc(S(=O)(=O)O)cc3)n2)c1COC1=CC=C(C(F)(F)F)CC1. The zero-order chi connectivity index (χ0) is 23.8. The summed E-state index contributed by atoms with van der Waals surface area (Å²) in [7, 11) is -2.65. The van der Waals surface area contributed by atoms with Gasteiger partial charge in [-0.25, -0.2) is 0 Å². The summed E-state index contributed by atoms with van der Waals surface area (Å²) >= 11 is 0. The molecule has 0 bridgehead atoms. The van der Waals surface area contributed by atoms with E-state index in [0.717, 1.165) is 6.08 Å². The van der Waals surface area contributed by atoms with E-state index in [1.54, 1.807) is 7.05 Å². The van der Waals surface area contributed by atoms with Gasteiger partial charge in [0, 0.05) is 24.6 Å². The maximum absolute atomic E-state index is 12.8. The van der Waals surface area contributed by atoms with Crippen LogP contribution in [0.5, 0.6) is 0 Å². The van der Waals surface area contributed by atoms with Crippen LogP contribution in [0.3, 0.4) is 0 Å². The van der Waals surface area contributed by atoms with Crippen molar-refractivity contribution in [2.24, 2.45) is 7.05 Å². The molecule has 0 fully saturated rings. The first-order valence-electron chi connectivity index (χ1n) is 9.55. The summed E-state index contributed by atoms with van der Waals surface area (Å²) in [5.74, 6) is 0.734. The molecule has 9 nitrogen and oxygen atoms in total. The number of allylic oxidation sites excluding steroid dienone is 4. The molecular formula is C20H17F3N4O5S. The number of nitrogens with zero attached hydrogens (tertiary/aromatic N) is 4. The average molecular weight is 482 g/mol. The van der Waals surface area contributed by atoms with Crippen LogP contribution in [0.25, 0.3) is 22.8 Å². The van der Waals surface area contributed by atoms with E-state index >= 15 is 0 Å². The zero-order valence-corrected chi connectivity index (χ0v) is 17.9. The number of alkyl halides is 3. The smallest absolute Gasteiger partial charge is 0.412 e. The van der Waals surface area contributed by atoms with E-state index in [2.05, 4.69) is 15.2 Å². The lowest BCUT2D eigenvalue weighted by Gasteiger charge is -2.17. The van der Waals surface area contributed by atoms with Crippen molar-refractivity contribution in [2.45, 2.75) is 30.5 Å². The highest BCUT2D eigenvalue weighted by atomic mass is 32.2. The first-order valence-corrected chi connectivity index (χ1v) is 11.0. The first-order chi connectivity index (χ1) is 15.5. The number of ether oxygens (including phenoxy) is 1. The fourth-order valence-electron chi connectivity index (χ4n) is 3.18. The Balaban J connectivity index is 1.52. The van der Waals surface area contributed by atoms with Crippen molar-refractivity contribution in [3.8, 4) is 22.8 Å². The molecule has 1 aliphatic rings. The van der Waals surface area contributed by atoms with Crippen LogP contribution in [0, 0.1) is 0 Å². The molecule has 3 aromatic rings. The predicted octanol–water partition coefficient (Wildman–Crippen LogP) is 4.07. The molecule has 1 N–H and O–H groups in total. The molecule has 0 spiro atoms. The van der Waals surface area contributed by atoms with E-state index in [0.29, 0.717) is 22.6 Å². The van der Waals surface area contributed by atoms with Crippen LogP contribution in [0.1, 0.15) is 18.5 Å². The number of hydrogen-bond donors (Lipinski definition) is 1. The molecule has 174 valence electrons. The van der Waals surface area contributed by atoms with Crippen LogP contribution in [-0.4, -0.2) is 39.1 Å². The highest BCUT2D eigenvalue weighted by Gasteiger charge is 2.34. The number of aryl methyl sites for hydroxylation is 1. The van der Waals surface area contributed by atoms with Gasteiger partial charge in [-0.1, -0.05) is 11.2 Å². The first kappa shape index (κ1) is 22.7. The molecule has 2 aromatic heterocycles. The van der Waals surface area contributed by atoms with Crippen LogP contribution in [-0.2, 0) is 28.5 Å². The van der Waals surface area contributed by atoms with Crippen molar-refractivity contribution >= 4 is 10.1 Å². The van der Waals surface area contributed by atoms with E-state index < -0.39 is 21.9 Å². The highest BCUT2D eigenvalue weighted by molar-refractivity contribution is 7.85. The monoisotopic (exact) mass is 482 g/mol. The van der Waals surface area contributed by atoms with Crippen LogP contribution >= 0.6 is 0 Å². The number of halogens is 3. The summed E-state index contributed by atoms with van der Waals surface area (Å²) in [6.45, 7) is 0.0276. The summed E-state index contributed by atoms with van der Waals surface area (Å²) in [4.78, 5) is 4.03. The second-order valence-electron chi connectivity index (χ2n) is 7.16. The largest absolute Gasteiger partial charge is 0.492 e. The van der Waals surface area contributed by atoms with Crippen LogP contribution in [0.2, 0.25) is 0 Å². The Kier molecular flexibility index (Phi) is 5.84. The van der Waals surface area contributed by atoms with Gasteiger partial charge >= 0.3 is 6.18 Å². The summed E-state index contributed by atoms with van der Waals surface area (Å²) in [5.41, 5.74) is 0.919. The van der Waals surface area contributed by atoms with Gasteiger partial charge in [0.15, 0.2) is 0 Å². The van der Waals surface area contributed by atoms with Crippen molar-refractivity contribution in [1.29, 1.82) is 0 Å². The third kappa shape index (κ3) is 4.98. The number of benzene rings is 1. The summed E-state index contributed by atoms with van der Waals surface area (Å²) in [6, 6.07) is 5.22. The molecule has 33 heavy (non-hydrogen) atoms. The van der Waals surface area contributed by atoms with Gasteiger partial charge in [0.2, 0.25) is 5.82 Å². The Morgan fingerprint density at radius 1 is 1.18 bits per heavy atom. The summed E-state index contributed by atoms with van der Waals surface area (Å²) < 4.78 is 82.2. The van der Waals surface area contributed by atoms with E-state index in [-0.39, 0.29) is 36.1 Å². The Bertz CT molecular complexity index is 1340. The second-order valence-corrected chi connectivity index (χ2v) is 8.58. The fraction of sp³-hybridized carbons (Fsp3) is 0.250. The maximum atomic E-state index is 12.8. The molecule has 0 unspecified atom stereocenters. The molecule has 13 heteroatoms. The van der Waals surface area contributed by atoms with Gasteiger partial charge in [0.25, 0.3) is 16.0 Å². The third-order valence-electron chi connectivity index (χ3n) is 5.00. The van der Waals surface area contributed by atoms with Crippen molar-refractivity contribution in [2.75, 3.05) is 0 Å². The average Bonchev–Trinajstić information content (AvgIpc) is 3.38. The minimum atomic E-state index is -4.35. The molecule has 0 saturated carbocycles. The number of aromatic nitrogens is 4. The maximum Gasteiger partial charge on any atom is 0.412 e. The molecule has 0 atom stereocenters. The van der Waals surface area contributed by atoms with Crippen molar-refractivity contribution in [3.63, 3.8) is 0 Å². The summed E-state index contributed by atoms with van der Waals surface area (Å²) in [5, 5.41) is 8.09. The number of hydrogen-bond acceptors (Lipinski definition) is 7. The minimum absolute atomic E-state index is 0.0276. The molecule has 0 amide bonds. The minimum Gasteiger partial charge on any atom is -0.492 e. The molecule has 4 rings (SSSR count). The van der Waals surface area contributed by atoms with E-state index in [9.17, 15) is 21.6 Å². The van der Waals surface area contributed by atoms with Gasteiger partial charge < -0.3 is 9.26 Å². The highest BCUT2D eigenvalue weighted by Crippen LogP contribution is 2.33. The molecule has 0 radical (unpaired) electrons. The normalized spacial score (nSPS) is 14.7. The number of rotatable bonds is 6. The van der Waals surface area contributed by atoms with Crippen molar-refractivity contribution in [3.05, 3.63) is 59.6 Å². The van der Waals surface area contributed by atoms with Gasteiger partial charge in [-0.3, -0.25) is 9.23 Å². The molecule has 0 aliphatic heterocycles. The Labute approximate surface area is 185 Å². The zero-order valence-electron chi connectivity index (χ0n) is 17.1. The van der Waals surface area contributed by atoms with E-state index in [1.165, 1.54) is 41.2 Å². The second kappa shape index (κ2) is 8.48.